The summed E-state index contributed by atoms with van der Waals surface area (Å²) in [6.07, 6.45) is 7.07. The highest BCUT2D eigenvalue weighted by Crippen LogP contribution is 2.55. The van der Waals surface area contributed by atoms with Crippen molar-refractivity contribution in [2.75, 3.05) is 0 Å². The average molecular weight is 387 g/mol. The molecule has 1 nitrogen and oxygen atoms in total. The van der Waals surface area contributed by atoms with Crippen LogP contribution in [0, 0.1) is 11.8 Å². The summed E-state index contributed by atoms with van der Waals surface area (Å²) < 4.78 is 2.61. The van der Waals surface area contributed by atoms with E-state index in [1.54, 1.807) is 0 Å². The lowest BCUT2D eigenvalue weighted by Gasteiger charge is -2.26. The summed E-state index contributed by atoms with van der Waals surface area (Å²) in [6, 6.07) is 9.14. The molecule has 0 bridgehead atoms. The van der Waals surface area contributed by atoms with Crippen molar-refractivity contribution >= 4 is 6.21 Å². The summed E-state index contributed by atoms with van der Waals surface area (Å²) in [4.78, 5) is 0. The Balaban J connectivity index is 1.96. The molecule has 0 aromatic heterocycles. The molecule has 152 valence electrons. The van der Waals surface area contributed by atoms with Gasteiger partial charge in [-0.2, -0.15) is 4.58 Å². The lowest BCUT2D eigenvalue weighted by Crippen LogP contribution is -2.35. The van der Waals surface area contributed by atoms with Crippen LogP contribution in [0.25, 0.3) is 0 Å². The molecule has 2 aliphatic carbocycles. The van der Waals surface area contributed by atoms with Gasteiger partial charge in [-0.3, -0.25) is 0 Å². The van der Waals surface area contributed by atoms with Crippen LogP contribution in [-0.2, 0) is 10.8 Å². The lowest BCUT2D eigenvalue weighted by atomic mass is 9.74. The molecule has 1 heterocycles. The van der Waals surface area contributed by atoms with E-state index in [0.29, 0.717) is 11.8 Å². The summed E-state index contributed by atoms with van der Waals surface area (Å²) in [7, 11) is 0. The molecule has 0 fully saturated rings. The quantitative estimate of drug-likeness (QED) is 0.402. The van der Waals surface area contributed by atoms with Crippen LogP contribution in [0.4, 0.5) is 0 Å². The van der Waals surface area contributed by atoms with Gasteiger partial charge in [-0.05, 0) is 40.9 Å². The Hall–Kier alpha value is -2.07. The highest BCUT2D eigenvalue weighted by atomic mass is 15.1. The highest BCUT2D eigenvalue weighted by Gasteiger charge is 2.59. The van der Waals surface area contributed by atoms with Crippen molar-refractivity contribution in [3.8, 4) is 0 Å². The molecule has 0 amide bonds. The zero-order valence-corrected chi connectivity index (χ0v) is 19.5. The second-order valence-electron chi connectivity index (χ2n) is 11.2. The Morgan fingerprint density at radius 2 is 1.55 bits per heavy atom. The van der Waals surface area contributed by atoms with Crippen molar-refractivity contribution in [3.05, 3.63) is 69.8 Å². The van der Waals surface area contributed by atoms with Crippen LogP contribution in [0.2, 0.25) is 0 Å². The minimum Gasteiger partial charge on any atom is -0.196 e. The Morgan fingerprint density at radius 1 is 0.897 bits per heavy atom. The van der Waals surface area contributed by atoms with Gasteiger partial charge in [0.25, 0.3) is 0 Å². The molecule has 29 heavy (non-hydrogen) atoms. The van der Waals surface area contributed by atoms with Crippen molar-refractivity contribution in [3.63, 3.8) is 0 Å². The smallest absolute Gasteiger partial charge is 0.196 e. The van der Waals surface area contributed by atoms with E-state index in [0.717, 1.165) is 6.42 Å². The third-order valence-corrected chi connectivity index (χ3v) is 7.13. The zero-order valence-electron chi connectivity index (χ0n) is 19.5. The van der Waals surface area contributed by atoms with Gasteiger partial charge in [0.1, 0.15) is 0 Å². The second kappa shape index (κ2) is 6.46. The van der Waals surface area contributed by atoms with Gasteiger partial charge in [-0.1, -0.05) is 77.3 Å². The topological polar surface area (TPSA) is 3.01 Å². The van der Waals surface area contributed by atoms with Crippen molar-refractivity contribution in [1.29, 1.82) is 0 Å². The number of allylic oxidation sites excluding steroid dienone is 3. The minimum atomic E-state index is 0.0516. The molecule has 1 aromatic rings. The predicted molar refractivity (Wildman–Crippen MR) is 123 cm³/mol. The Bertz CT molecular complexity index is 1030. The molecule has 1 aliphatic heterocycles. The largest absolute Gasteiger partial charge is 0.221 e. The van der Waals surface area contributed by atoms with Gasteiger partial charge in [0, 0.05) is 25.8 Å². The Morgan fingerprint density at radius 3 is 2.17 bits per heavy atom. The summed E-state index contributed by atoms with van der Waals surface area (Å²) in [5, 5.41) is 0. The fraction of sp³-hybridized carbons (Fsp3) is 0.536. The number of hydrogen-bond donors (Lipinski definition) is 0. The van der Waals surface area contributed by atoms with Gasteiger partial charge in [-0.15, -0.1) is 0 Å². The first-order valence-corrected chi connectivity index (χ1v) is 11.2. The molecule has 0 saturated heterocycles. The van der Waals surface area contributed by atoms with E-state index in [4.69, 9.17) is 0 Å². The molecular formula is C28H36N+. The maximum absolute atomic E-state index is 3.47. The summed E-state index contributed by atoms with van der Waals surface area (Å²) in [5.74, 6) is 0.884. The van der Waals surface area contributed by atoms with Crippen LogP contribution >= 0.6 is 0 Å². The van der Waals surface area contributed by atoms with Crippen LogP contribution in [-0.4, -0.2) is 16.3 Å². The van der Waals surface area contributed by atoms with Crippen LogP contribution in [0.3, 0.4) is 0 Å². The van der Waals surface area contributed by atoms with Crippen molar-refractivity contribution in [2.24, 2.45) is 11.8 Å². The van der Waals surface area contributed by atoms with Gasteiger partial charge >= 0.3 is 0 Å². The van der Waals surface area contributed by atoms with Crippen molar-refractivity contribution < 1.29 is 4.58 Å². The maximum atomic E-state index is 3.47. The van der Waals surface area contributed by atoms with E-state index >= 15 is 0 Å². The van der Waals surface area contributed by atoms with Crippen LogP contribution in [0.1, 0.15) is 79.4 Å². The minimum absolute atomic E-state index is 0.0516. The molecule has 1 aromatic carbocycles. The first-order valence-electron chi connectivity index (χ1n) is 11.2. The second-order valence-corrected chi connectivity index (χ2v) is 11.2. The third kappa shape index (κ3) is 3.04. The number of rotatable bonds is 3. The molecule has 3 aliphatic rings. The van der Waals surface area contributed by atoms with Crippen molar-refractivity contribution in [2.45, 2.75) is 84.6 Å². The maximum Gasteiger partial charge on any atom is 0.221 e. The van der Waals surface area contributed by atoms with Gasteiger partial charge in [0.05, 0.1) is 11.0 Å². The summed E-state index contributed by atoms with van der Waals surface area (Å²) in [5.41, 5.74) is 14.3. The van der Waals surface area contributed by atoms with E-state index < -0.39 is 0 Å². The lowest BCUT2D eigenvalue weighted by molar-refractivity contribution is -0.542. The normalized spacial score (nSPS) is 26.6. The molecule has 1 heteroatoms. The summed E-state index contributed by atoms with van der Waals surface area (Å²) >= 11 is 0. The highest BCUT2D eigenvalue weighted by molar-refractivity contribution is 5.76. The van der Waals surface area contributed by atoms with Gasteiger partial charge < -0.3 is 0 Å². The fourth-order valence-electron chi connectivity index (χ4n) is 6.05. The number of fused-ring (bicyclic) bond motifs is 2. The van der Waals surface area contributed by atoms with Crippen molar-refractivity contribution in [1.82, 2.24) is 0 Å². The standard InChI is InChI=1S/C28H36N/c1-19(2)21-12-11-13-22(20(3)4)25(21)29-18-28(17-27(29,7)8)16-26(5,6)23-14-9-10-15-24(23)28/h9-10,12,14-15,18-20H,16-17H2,1-8H3/q+1. The molecule has 0 radical (unpaired) electrons. The predicted octanol–water partition coefficient (Wildman–Crippen LogP) is 6.69. The molecule has 0 N–H and O–H groups in total. The van der Waals surface area contributed by atoms with Crippen LogP contribution < -0.4 is 0 Å². The van der Waals surface area contributed by atoms with E-state index in [-0.39, 0.29) is 16.4 Å². The van der Waals surface area contributed by atoms with Gasteiger partial charge in [0.15, 0.2) is 11.8 Å². The van der Waals surface area contributed by atoms with Crippen LogP contribution in [0.15, 0.2) is 58.6 Å². The SMILES string of the molecule is CC(C)C1=C=C=CC(C(C)C)=C1[N+]1=CC2(CC(C)(C)c3ccccc32)CC1(C)C. The Labute approximate surface area is 177 Å². The van der Waals surface area contributed by atoms with E-state index in [2.05, 4.69) is 108 Å². The molecule has 1 atom stereocenters. The average Bonchev–Trinajstić information content (AvgIpc) is 3.03. The summed E-state index contributed by atoms with van der Waals surface area (Å²) in [6.45, 7) is 18.8. The molecule has 0 saturated carbocycles. The van der Waals surface area contributed by atoms with E-state index in [9.17, 15) is 0 Å². The Kier molecular flexibility index (Phi) is 4.51. The fourth-order valence-corrected chi connectivity index (χ4v) is 6.05. The van der Waals surface area contributed by atoms with E-state index in [1.807, 2.05) is 0 Å². The number of nitrogens with zero attached hydrogens (tertiary/aromatic N) is 1. The number of hydrogen-bond acceptors (Lipinski definition) is 0. The molecule has 1 unspecified atom stereocenters. The molecule has 1 spiro atoms. The number of benzene rings is 1. The molecular weight excluding hydrogens is 350 g/mol. The van der Waals surface area contributed by atoms with Crippen LogP contribution in [0.5, 0.6) is 0 Å². The van der Waals surface area contributed by atoms with Gasteiger partial charge in [0.2, 0.25) is 5.70 Å². The van der Waals surface area contributed by atoms with Gasteiger partial charge in [-0.25, -0.2) is 0 Å². The monoisotopic (exact) mass is 386 g/mol. The first kappa shape index (κ1) is 20.2. The van der Waals surface area contributed by atoms with E-state index in [1.165, 1.54) is 34.4 Å². The first-order chi connectivity index (χ1) is 13.5. The third-order valence-electron chi connectivity index (χ3n) is 7.13. The molecule has 4 rings (SSSR count). The zero-order chi connectivity index (χ0) is 21.2.